The van der Waals surface area contributed by atoms with Crippen LogP contribution in [-0.2, 0) is 9.53 Å². The van der Waals surface area contributed by atoms with Gasteiger partial charge in [0.25, 0.3) is 0 Å². The monoisotopic (exact) mass is 270 g/mol. The second-order valence-corrected chi connectivity index (χ2v) is 3.73. The number of rotatable bonds is 2. The summed E-state index contributed by atoms with van der Waals surface area (Å²) in [5.41, 5.74) is 0.0110. The number of halogens is 2. The van der Waals surface area contributed by atoms with E-state index in [9.17, 15) is 4.79 Å². The zero-order valence-electron chi connectivity index (χ0n) is 5.40. The molecule has 58 valence electrons. The van der Waals surface area contributed by atoms with Gasteiger partial charge < -0.3 is 4.74 Å². The number of esters is 1. The molecule has 0 aliphatic carbocycles. The maximum absolute atomic E-state index is 10.7. The summed E-state index contributed by atoms with van der Waals surface area (Å²) >= 11 is 6.72. The zero-order valence-corrected chi connectivity index (χ0v) is 8.57. The minimum atomic E-state index is -0.0844. The number of carbonyl (C=O) groups is 1. The molecule has 1 fully saturated rings. The molecular formula is C6H8Br2O2. The lowest BCUT2D eigenvalue weighted by atomic mass is 9.93. The Morgan fingerprint density at radius 1 is 1.50 bits per heavy atom. The third-order valence-electron chi connectivity index (χ3n) is 1.63. The molecule has 0 saturated carbocycles. The van der Waals surface area contributed by atoms with Crippen molar-refractivity contribution in [1.29, 1.82) is 0 Å². The fourth-order valence-electron chi connectivity index (χ4n) is 0.849. The van der Waals surface area contributed by atoms with Crippen molar-refractivity contribution in [2.45, 2.75) is 6.42 Å². The second-order valence-electron chi connectivity index (χ2n) is 2.60. The first-order valence-corrected chi connectivity index (χ1v) is 5.24. The predicted molar refractivity (Wildman–Crippen MR) is 45.6 cm³/mol. The van der Waals surface area contributed by atoms with Gasteiger partial charge in [-0.3, -0.25) is 4.79 Å². The van der Waals surface area contributed by atoms with Crippen LogP contribution in [0, 0.1) is 5.41 Å². The van der Waals surface area contributed by atoms with Gasteiger partial charge in [-0.05, 0) is 0 Å². The molecule has 1 heterocycles. The average Bonchev–Trinajstić information content (AvgIpc) is 2.33. The Kier molecular flexibility index (Phi) is 2.74. The van der Waals surface area contributed by atoms with Gasteiger partial charge in [0.15, 0.2) is 0 Å². The molecule has 4 heteroatoms. The maximum Gasteiger partial charge on any atom is 0.306 e. The van der Waals surface area contributed by atoms with Gasteiger partial charge in [-0.2, -0.15) is 0 Å². The number of carbonyl (C=O) groups excluding carboxylic acids is 1. The summed E-state index contributed by atoms with van der Waals surface area (Å²) in [6, 6.07) is 0. The largest absolute Gasteiger partial charge is 0.465 e. The number of alkyl halides is 2. The minimum Gasteiger partial charge on any atom is -0.465 e. The van der Waals surface area contributed by atoms with Gasteiger partial charge in [-0.15, -0.1) is 0 Å². The molecule has 1 aliphatic rings. The Labute approximate surface area is 76.6 Å². The Morgan fingerprint density at radius 2 is 2.10 bits per heavy atom. The standard InChI is InChI=1S/C6H8Br2O2/c7-2-6(3-8)1-5(9)10-4-6/h1-4H2. The van der Waals surface area contributed by atoms with Crippen molar-refractivity contribution in [2.75, 3.05) is 17.3 Å². The molecule has 0 atom stereocenters. The van der Waals surface area contributed by atoms with Gasteiger partial charge in [0.05, 0.1) is 13.0 Å². The summed E-state index contributed by atoms with van der Waals surface area (Å²) in [5, 5.41) is 1.63. The van der Waals surface area contributed by atoms with E-state index in [1.165, 1.54) is 0 Å². The van der Waals surface area contributed by atoms with E-state index in [1.807, 2.05) is 0 Å². The maximum atomic E-state index is 10.7. The van der Waals surface area contributed by atoms with E-state index in [2.05, 4.69) is 31.9 Å². The summed E-state index contributed by atoms with van der Waals surface area (Å²) in [6.07, 6.45) is 0.531. The number of hydrogen-bond acceptors (Lipinski definition) is 2. The van der Waals surface area contributed by atoms with Crippen LogP contribution in [0.5, 0.6) is 0 Å². The quantitative estimate of drug-likeness (QED) is 0.565. The molecule has 0 amide bonds. The summed E-state index contributed by atoms with van der Waals surface area (Å²) < 4.78 is 4.85. The van der Waals surface area contributed by atoms with Crippen molar-refractivity contribution in [3.63, 3.8) is 0 Å². The molecular weight excluding hydrogens is 264 g/mol. The molecule has 1 saturated heterocycles. The van der Waals surface area contributed by atoms with E-state index < -0.39 is 0 Å². The zero-order chi connectivity index (χ0) is 7.61. The van der Waals surface area contributed by atoms with Gasteiger partial charge in [-0.25, -0.2) is 0 Å². The Morgan fingerprint density at radius 3 is 2.30 bits per heavy atom. The Bertz CT molecular complexity index is 143. The molecule has 0 bridgehead atoms. The normalized spacial score (nSPS) is 22.8. The summed E-state index contributed by atoms with van der Waals surface area (Å²) in [5.74, 6) is -0.0844. The van der Waals surface area contributed by atoms with Crippen LogP contribution in [0.3, 0.4) is 0 Å². The van der Waals surface area contributed by atoms with Crippen LogP contribution in [0.2, 0.25) is 0 Å². The van der Waals surface area contributed by atoms with Gasteiger partial charge in [0.1, 0.15) is 0 Å². The molecule has 2 nitrogen and oxygen atoms in total. The molecule has 0 aromatic rings. The first-order valence-electron chi connectivity index (χ1n) is 3.00. The van der Waals surface area contributed by atoms with Crippen molar-refractivity contribution < 1.29 is 9.53 Å². The summed E-state index contributed by atoms with van der Waals surface area (Å²) in [7, 11) is 0. The lowest BCUT2D eigenvalue weighted by molar-refractivity contribution is -0.137. The van der Waals surface area contributed by atoms with Gasteiger partial charge in [0.2, 0.25) is 0 Å². The fourth-order valence-corrected chi connectivity index (χ4v) is 2.50. The molecule has 10 heavy (non-hydrogen) atoms. The van der Waals surface area contributed by atoms with E-state index in [0.29, 0.717) is 13.0 Å². The first kappa shape index (κ1) is 8.53. The fraction of sp³-hybridized carbons (Fsp3) is 0.833. The topological polar surface area (TPSA) is 26.3 Å². The first-order chi connectivity index (χ1) is 4.72. The molecule has 0 spiro atoms. The van der Waals surface area contributed by atoms with Crippen molar-refractivity contribution in [2.24, 2.45) is 5.41 Å². The van der Waals surface area contributed by atoms with E-state index in [1.54, 1.807) is 0 Å². The molecule has 0 unspecified atom stereocenters. The Balaban J connectivity index is 2.59. The highest BCUT2D eigenvalue weighted by Crippen LogP contribution is 2.33. The second kappa shape index (κ2) is 3.22. The highest BCUT2D eigenvalue weighted by atomic mass is 79.9. The summed E-state index contributed by atoms with van der Waals surface area (Å²) in [4.78, 5) is 10.7. The van der Waals surface area contributed by atoms with Crippen LogP contribution in [0.4, 0.5) is 0 Å². The molecule has 0 aromatic carbocycles. The molecule has 1 aliphatic heterocycles. The van der Waals surface area contributed by atoms with Crippen LogP contribution in [0.1, 0.15) is 6.42 Å². The minimum absolute atomic E-state index is 0.0110. The number of cyclic esters (lactones) is 1. The van der Waals surface area contributed by atoms with E-state index >= 15 is 0 Å². The highest BCUT2D eigenvalue weighted by molar-refractivity contribution is 9.09. The number of hydrogen-bond donors (Lipinski definition) is 0. The number of ether oxygens (including phenoxy) is 1. The van der Waals surface area contributed by atoms with Crippen LogP contribution in [0.25, 0.3) is 0 Å². The third kappa shape index (κ3) is 1.53. The van der Waals surface area contributed by atoms with Crippen LogP contribution >= 0.6 is 31.9 Å². The van der Waals surface area contributed by atoms with Crippen LogP contribution in [0.15, 0.2) is 0 Å². The lowest BCUT2D eigenvalue weighted by Gasteiger charge is -2.18. The molecule has 0 radical (unpaired) electrons. The highest BCUT2D eigenvalue weighted by Gasteiger charge is 2.38. The lowest BCUT2D eigenvalue weighted by Crippen LogP contribution is -2.24. The van der Waals surface area contributed by atoms with E-state index in [4.69, 9.17) is 4.74 Å². The van der Waals surface area contributed by atoms with Gasteiger partial charge in [0, 0.05) is 16.1 Å². The van der Waals surface area contributed by atoms with Crippen molar-refractivity contribution in [3.05, 3.63) is 0 Å². The van der Waals surface area contributed by atoms with Crippen molar-refractivity contribution in [1.82, 2.24) is 0 Å². The van der Waals surface area contributed by atoms with Crippen LogP contribution < -0.4 is 0 Å². The van der Waals surface area contributed by atoms with E-state index in [-0.39, 0.29) is 11.4 Å². The molecule has 0 N–H and O–H groups in total. The smallest absolute Gasteiger partial charge is 0.306 e. The van der Waals surface area contributed by atoms with Gasteiger partial charge in [-0.1, -0.05) is 31.9 Å². The molecule has 1 rings (SSSR count). The SMILES string of the molecule is O=C1CC(CBr)(CBr)CO1. The van der Waals surface area contributed by atoms with E-state index in [0.717, 1.165) is 10.7 Å². The third-order valence-corrected chi connectivity index (χ3v) is 4.00. The average molecular weight is 272 g/mol. The molecule has 0 aromatic heterocycles. The predicted octanol–water partition coefficient (Wildman–Crippen LogP) is 1.71. The van der Waals surface area contributed by atoms with Crippen molar-refractivity contribution >= 4 is 37.8 Å². The summed E-state index contributed by atoms with van der Waals surface area (Å²) in [6.45, 7) is 0.544. The van der Waals surface area contributed by atoms with Crippen LogP contribution in [-0.4, -0.2) is 23.2 Å². The Hall–Kier alpha value is 0.430. The van der Waals surface area contributed by atoms with Crippen molar-refractivity contribution in [3.8, 4) is 0 Å². The van der Waals surface area contributed by atoms with Gasteiger partial charge >= 0.3 is 5.97 Å².